The Bertz CT molecular complexity index is 1230. The lowest BCUT2D eigenvalue weighted by molar-refractivity contribution is 0.410. The molecule has 1 N–H and O–H groups in total. The second-order valence-electron chi connectivity index (χ2n) is 7.05. The third-order valence-corrected chi connectivity index (χ3v) is 4.96. The Hall–Kier alpha value is -3.91. The molecule has 0 atom stereocenters. The molecule has 0 radical (unpaired) electrons. The number of aryl methyl sites for hydroxylation is 1. The molecule has 2 heterocycles. The molecule has 0 saturated heterocycles. The molecule has 148 valence electrons. The predicted molar refractivity (Wildman–Crippen MR) is 120 cm³/mol. The number of ether oxygens (including phenoxy) is 1. The molecule has 0 spiro atoms. The Morgan fingerprint density at radius 3 is 2.73 bits per heavy atom. The van der Waals surface area contributed by atoms with Crippen LogP contribution in [-0.4, -0.2) is 17.1 Å². The number of nitrogens with zero attached hydrogens (tertiary/aromatic N) is 3. The van der Waals surface area contributed by atoms with E-state index < -0.39 is 0 Å². The van der Waals surface area contributed by atoms with Crippen molar-refractivity contribution in [1.29, 1.82) is 5.26 Å². The molecule has 0 fully saturated rings. The Balaban J connectivity index is 1.92. The maximum Gasteiger partial charge on any atom is 0.138 e. The molecule has 0 aliphatic rings. The normalized spacial score (nSPS) is 10.6. The van der Waals surface area contributed by atoms with Gasteiger partial charge in [-0.1, -0.05) is 19.4 Å². The quantitative estimate of drug-likeness (QED) is 0.443. The van der Waals surface area contributed by atoms with Crippen molar-refractivity contribution in [3.8, 4) is 23.1 Å². The van der Waals surface area contributed by atoms with Crippen molar-refractivity contribution < 1.29 is 4.74 Å². The minimum absolute atomic E-state index is 0.598. The zero-order valence-corrected chi connectivity index (χ0v) is 17.0. The molecular formula is C25H22N4O. The lowest BCUT2D eigenvalue weighted by atomic mass is 10.0. The van der Waals surface area contributed by atoms with Crippen molar-refractivity contribution in [2.45, 2.75) is 19.8 Å². The van der Waals surface area contributed by atoms with Gasteiger partial charge < -0.3 is 10.1 Å². The number of hydrogen-bond acceptors (Lipinski definition) is 5. The van der Waals surface area contributed by atoms with Crippen LogP contribution in [-0.2, 0) is 6.42 Å². The monoisotopic (exact) mass is 394 g/mol. The smallest absolute Gasteiger partial charge is 0.138 e. The molecule has 0 amide bonds. The first kappa shape index (κ1) is 19.4. The van der Waals surface area contributed by atoms with Crippen molar-refractivity contribution in [1.82, 2.24) is 9.97 Å². The summed E-state index contributed by atoms with van der Waals surface area (Å²) in [5.41, 5.74) is 4.32. The molecule has 4 rings (SSSR count). The molecule has 2 aromatic heterocycles. The van der Waals surface area contributed by atoms with E-state index in [4.69, 9.17) is 9.72 Å². The minimum Gasteiger partial charge on any atom is -0.496 e. The number of nitriles is 1. The van der Waals surface area contributed by atoms with Crippen LogP contribution < -0.4 is 10.1 Å². The van der Waals surface area contributed by atoms with Crippen molar-refractivity contribution >= 4 is 22.3 Å². The first-order valence-electron chi connectivity index (χ1n) is 9.91. The Morgan fingerprint density at radius 2 is 2.00 bits per heavy atom. The summed E-state index contributed by atoms with van der Waals surface area (Å²) in [5, 5.41) is 14.7. The molecule has 0 unspecified atom stereocenters. The zero-order valence-electron chi connectivity index (χ0n) is 17.0. The lowest BCUT2D eigenvalue weighted by Gasteiger charge is -2.15. The van der Waals surface area contributed by atoms with Gasteiger partial charge in [0.15, 0.2) is 0 Å². The number of rotatable bonds is 6. The highest BCUT2D eigenvalue weighted by molar-refractivity contribution is 5.97. The van der Waals surface area contributed by atoms with Crippen molar-refractivity contribution in [3.05, 3.63) is 78.1 Å². The highest BCUT2D eigenvalue weighted by Crippen LogP contribution is 2.34. The Labute approximate surface area is 176 Å². The van der Waals surface area contributed by atoms with Gasteiger partial charge in [-0.15, -0.1) is 0 Å². The molecule has 4 aromatic rings. The molecule has 0 bridgehead atoms. The highest BCUT2D eigenvalue weighted by atomic mass is 16.5. The molecular weight excluding hydrogens is 372 g/mol. The molecule has 30 heavy (non-hydrogen) atoms. The number of aromatic nitrogens is 2. The van der Waals surface area contributed by atoms with Crippen LogP contribution in [0.15, 0.2) is 67.0 Å². The fraction of sp³-hybridized carbons (Fsp3) is 0.160. The van der Waals surface area contributed by atoms with Crippen LogP contribution in [0.4, 0.5) is 11.5 Å². The average Bonchev–Trinajstić information content (AvgIpc) is 2.79. The molecule has 5 heteroatoms. The summed E-state index contributed by atoms with van der Waals surface area (Å²) in [6.45, 7) is 2.15. The summed E-state index contributed by atoms with van der Waals surface area (Å²) in [6, 6.07) is 19.7. The van der Waals surface area contributed by atoms with Crippen molar-refractivity contribution in [2.24, 2.45) is 0 Å². The maximum atomic E-state index is 9.23. The maximum absolute atomic E-state index is 9.23. The van der Waals surface area contributed by atoms with Gasteiger partial charge >= 0.3 is 0 Å². The van der Waals surface area contributed by atoms with E-state index in [-0.39, 0.29) is 0 Å². The first-order chi connectivity index (χ1) is 14.7. The average molecular weight is 394 g/mol. The fourth-order valence-electron chi connectivity index (χ4n) is 3.54. The molecule has 2 aromatic carbocycles. The second-order valence-corrected chi connectivity index (χ2v) is 7.05. The number of methoxy groups -OCH3 is 1. The van der Waals surface area contributed by atoms with Gasteiger partial charge in [0.25, 0.3) is 0 Å². The van der Waals surface area contributed by atoms with E-state index in [0.29, 0.717) is 5.56 Å². The van der Waals surface area contributed by atoms with E-state index in [2.05, 4.69) is 41.5 Å². The highest BCUT2D eigenvalue weighted by Gasteiger charge is 2.13. The SMILES string of the molecule is CCCc1cc2c(Nc3cccc(C#N)c3)nc(-c3cccnc3)cc2cc1OC. The largest absolute Gasteiger partial charge is 0.496 e. The van der Waals surface area contributed by atoms with E-state index in [1.54, 1.807) is 25.6 Å². The van der Waals surface area contributed by atoms with Crippen LogP contribution >= 0.6 is 0 Å². The summed E-state index contributed by atoms with van der Waals surface area (Å²) >= 11 is 0. The van der Waals surface area contributed by atoms with Crippen LogP contribution in [0.5, 0.6) is 5.75 Å². The van der Waals surface area contributed by atoms with Crippen LogP contribution in [0.3, 0.4) is 0 Å². The van der Waals surface area contributed by atoms with Crippen LogP contribution in [0.25, 0.3) is 22.0 Å². The van der Waals surface area contributed by atoms with Gasteiger partial charge in [0, 0.05) is 29.0 Å². The first-order valence-corrected chi connectivity index (χ1v) is 9.91. The second kappa shape index (κ2) is 8.62. The molecule has 0 aliphatic carbocycles. The summed E-state index contributed by atoms with van der Waals surface area (Å²) in [5.74, 6) is 1.62. The molecule has 0 saturated carbocycles. The number of nitrogens with one attached hydrogen (secondary N) is 1. The third kappa shape index (κ3) is 3.94. The standard InChI is InChI=1S/C25H22N4O/c1-3-6-18-12-22-20(14-24(18)30-2)13-23(19-8-5-10-27-16-19)29-25(22)28-21-9-4-7-17(11-21)15-26/h4-5,7-14,16H,3,6H2,1-2H3,(H,28,29). The van der Waals surface area contributed by atoms with Crippen molar-refractivity contribution in [2.75, 3.05) is 12.4 Å². The van der Waals surface area contributed by atoms with Gasteiger partial charge in [-0.3, -0.25) is 4.98 Å². The van der Waals surface area contributed by atoms with Gasteiger partial charge in [-0.2, -0.15) is 5.26 Å². The van der Waals surface area contributed by atoms with Crippen molar-refractivity contribution in [3.63, 3.8) is 0 Å². The summed E-state index contributed by atoms with van der Waals surface area (Å²) in [4.78, 5) is 9.13. The van der Waals surface area contributed by atoms with Crippen LogP contribution in [0.2, 0.25) is 0 Å². The van der Waals surface area contributed by atoms with E-state index in [0.717, 1.165) is 57.7 Å². The summed E-state index contributed by atoms with van der Waals surface area (Å²) in [6.07, 6.45) is 5.50. The molecule has 5 nitrogen and oxygen atoms in total. The van der Waals surface area contributed by atoms with E-state index in [1.807, 2.05) is 30.3 Å². The van der Waals surface area contributed by atoms with Crippen LogP contribution in [0.1, 0.15) is 24.5 Å². The van der Waals surface area contributed by atoms with E-state index >= 15 is 0 Å². The lowest BCUT2D eigenvalue weighted by Crippen LogP contribution is -1.99. The predicted octanol–water partition coefficient (Wildman–Crippen LogP) is 5.87. The third-order valence-electron chi connectivity index (χ3n) is 4.96. The Morgan fingerprint density at radius 1 is 1.10 bits per heavy atom. The van der Waals surface area contributed by atoms with Gasteiger partial charge in [-0.25, -0.2) is 4.98 Å². The summed E-state index contributed by atoms with van der Waals surface area (Å²) in [7, 11) is 1.70. The zero-order chi connectivity index (χ0) is 20.9. The van der Waals surface area contributed by atoms with Gasteiger partial charge in [0.05, 0.1) is 24.4 Å². The van der Waals surface area contributed by atoms with Gasteiger partial charge in [0.1, 0.15) is 11.6 Å². The number of fused-ring (bicyclic) bond motifs is 1. The molecule has 0 aliphatic heterocycles. The van der Waals surface area contributed by atoms with Gasteiger partial charge in [-0.05, 0) is 65.9 Å². The minimum atomic E-state index is 0.598. The number of anilines is 2. The number of pyridine rings is 2. The number of benzene rings is 2. The van der Waals surface area contributed by atoms with Crippen LogP contribution in [0, 0.1) is 11.3 Å². The summed E-state index contributed by atoms with van der Waals surface area (Å²) < 4.78 is 5.65. The number of hydrogen-bond donors (Lipinski definition) is 1. The van der Waals surface area contributed by atoms with E-state index in [9.17, 15) is 5.26 Å². The van der Waals surface area contributed by atoms with E-state index in [1.165, 1.54) is 0 Å². The Kier molecular flexibility index (Phi) is 5.58. The topological polar surface area (TPSA) is 70.8 Å². The van der Waals surface area contributed by atoms with Gasteiger partial charge in [0.2, 0.25) is 0 Å². The fourth-order valence-corrected chi connectivity index (χ4v) is 3.54.